The zero-order valence-electron chi connectivity index (χ0n) is 10.4. The minimum atomic E-state index is -0.542. The molecule has 2 heterocycles. The monoisotopic (exact) mass is 288 g/mol. The predicted octanol–water partition coefficient (Wildman–Crippen LogP) is -0.236. The van der Waals surface area contributed by atoms with Crippen LogP contribution in [0.25, 0.3) is 11.0 Å². The van der Waals surface area contributed by atoms with Crippen LogP contribution < -0.4 is 11.1 Å². The number of hydrogen-bond donors (Lipinski definition) is 2. The first-order valence-electron chi connectivity index (χ1n) is 5.84. The zero-order chi connectivity index (χ0) is 15.0. The summed E-state index contributed by atoms with van der Waals surface area (Å²) in [5.41, 5.74) is -0.405. The van der Waals surface area contributed by atoms with Crippen LogP contribution in [0.1, 0.15) is 5.56 Å². The Morgan fingerprint density at radius 2 is 1.81 bits per heavy atom. The summed E-state index contributed by atoms with van der Waals surface area (Å²) in [5, 5.41) is 22.4. The number of aromatic nitrogens is 5. The molecule has 3 aromatic rings. The fourth-order valence-electron chi connectivity index (χ4n) is 1.93. The maximum absolute atomic E-state index is 11.7. The number of non-ortho nitro benzene ring substituents is 1. The number of nitrogens with one attached hydrogen (secondary N) is 2. The number of hydrogen-bond acceptors (Lipinski definition) is 6. The smallest absolute Gasteiger partial charge is 0.266 e. The van der Waals surface area contributed by atoms with Crippen molar-refractivity contribution in [3.05, 3.63) is 60.7 Å². The molecule has 0 aliphatic carbocycles. The van der Waals surface area contributed by atoms with E-state index in [1.54, 1.807) is 12.1 Å². The largest absolute Gasteiger partial charge is 0.292 e. The van der Waals surface area contributed by atoms with Crippen molar-refractivity contribution < 1.29 is 4.92 Å². The number of nitro groups is 1. The number of nitrogens with zero attached hydrogens (tertiary/aromatic N) is 4. The molecule has 0 saturated heterocycles. The van der Waals surface area contributed by atoms with Crippen LogP contribution in [-0.4, -0.2) is 30.1 Å². The molecule has 2 N–H and O–H groups in total. The fraction of sp³-hybridized carbons (Fsp3) is 0.0909. The summed E-state index contributed by atoms with van der Waals surface area (Å²) in [6.07, 6.45) is 0. The van der Waals surface area contributed by atoms with Crippen molar-refractivity contribution >= 4 is 16.7 Å². The summed E-state index contributed by atoms with van der Waals surface area (Å²) >= 11 is 0. The molecule has 0 fully saturated rings. The Kier molecular flexibility index (Phi) is 2.83. The average molecular weight is 288 g/mol. The van der Waals surface area contributed by atoms with Crippen LogP contribution in [0.2, 0.25) is 0 Å². The van der Waals surface area contributed by atoms with E-state index in [1.165, 1.54) is 16.8 Å². The summed E-state index contributed by atoms with van der Waals surface area (Å²) in [4.78, 5) is 33.3. The van der Waals surface area contributed by atoms with E-state index in [0.717, 1.165) is 0 Å². The second kappa shape index (κ2) is 4.67. The Balaban J connectivity index is 2.02. The van der Waals surface area contributed by atoms with Crippen LogP contribution in [0.4, 0.5) is 5.69 Å². The minimum Gasteiger partial charge on any atom is -0.266 e. The van der Waals surface area contributed by atoms with Crippen LogP contribution in [0.15, 0.2) is 33.9 Å². The van der Waals surface area contributed by atoms with Crippen LogP contribution in [-0.2, 0) is 6.54 Å². The summed E-state index contributed by atoms with van der Waals surface area (Å²) in [5.74, 6) is 0. The van der Waals surface area contributed by atoms with Crippen molar-refractivity contribution in [3.63, 3.8) is 0 Å². The normalized spacial score (nSPS) is 10.9. The molecule has 0 spiro atoms. The average Bonchev–Trinajstić information content (AvgIpc) is 2.89. The third-order valence-electron chi connectivity index (χ3n) is 2.93. The minimum absolute atomic E-state index is 0.0310. The molecule has 21 heavy (non-hydrogen) atoms. The summed E-state index contributed by atoms with van der Waals surface area (Å²) in [6.45, 7) is 0.168. The van der Waals surface area contributed by atoms with E-state index in [9.17, 15) is 19.7 Å². The molecule has 0 radical (unpaired) electrons. The Labute approximate surface area is 115 Å². The van der Waals surface area contributed by atoms with Gasteiger partial charge in [0.15, 0.2) is 11.0 Å². The SMILES string of the molecule is O=c1[nH][nH]c(=O)c2c1nnn2Cc1ccc([N+](=O)[O-])cc1. The number of H-pyrrole nitrogens is 2. The second-order valence-corrected chi connectivity index (χ2v) is 4.28. The molecular weight excluding hydrogens is 280 g/mol. The highest BCUT2D eigenvalue weighted by molar-refractivity contribution is 5.71. The number of aromatic amines is 2. The van der Waals surface area contributed by atoms with Gasteiger partial charge in [-0.2, -0.15) is 0 Å². The predicted molar refractivity (Wildman–Crippen MR) is 71.0 cm³/mol. The molecule has 10 heteroatoms. The van der Waals surface area contributed by atoms with E-state index >= 15 is 0 Å². The van der Waals surface area contributed by atoms with Gasteiger partial charge < -0.3 is 0 Å². The summed E-state index contributed by atoms with van der Waals surface area (Å²) < 4.78 is 1.27. The molecule has 0 bridgehead atoms. The molecule has 0 aliphatic heterocycles. The lowest BCUT2D eigenvalue weighted by molar-refractivity contribution is -0.384. The standard InChI is InChI=1S/C11H8N6O4/c18-10-8-9(11(19)14-13-10)16(15-12-8)5-6-1-3-7(4-2-6)17(20)21/h1-4H,5H2,(H,13,18)(H,14,19). The van der Waals surface area contributed by atoms with E-state index < -0.39 is 16.0 Å². The highest BCUT2D eigenvalue weighted by Crippen LogP contribution is 2.13. The Morgan fingerprint density at radius 3 is 2.48 bits per heavy atom. The Morgan fingerprint density at radius 1 is 1.14 bits per heavy atom. The van der Waals surface area contributed by atoms with Gasteiger partial charge >= 0.3 is 0 Å². The number of nitro benzene ring substituents is 1. The fourth-order valence-corrected chi connectivity index (χ4v) is 1.93. The molecule has 2 aromatic heterocycles. The molecular formula is C11H8N6O4. The first kappa shape index (κ1) is 12.7. The van der Waals surface area contributed by atoms with Gasteiger partial charge in [0.05, 0.1) is 11.5 Å². The first-order valence-corrected chi connectivity index (χ1v) is 5.84. The van der Waals surface area contributed by atoms with Gasteiger partial charge in [-0.25, -0.2) is 4.68 Å². The van der Waals surface area contributed by atoms with Gasteiger partial charge in [-0.1, -0.05) is 17.3 Å². The van der Waals surface area contributed by atoms with Gasteiger partial charge in [-0.15, -0.1) is 5.10 Å². The van der Waals surface area contributed by atoms with Crippen molar-refractivity contribution in [2.24, 2.45) is 0 Å². The van der Waals surface area contributed by atoms with Crippen LogP contribution in [0.5, 0.6) is 0 Å². The Hall–Kier alpha value is -3.30. The maximum atomic E-state index is 11.7. The van der Waals surface area contributed by atoms with E-state index in [-0.39, 0.29) is 23.3 Å². The number of rotatable bonds is 3. The molecule has 106 valence electrons. The lowest BCUT2D eigenvalue weighted by Crippen LogP contribution is -2.21. The van der Waals surface area contributed by atoms with Crippen molar-refractivity contribution in [2.45, 2.75) is 6.54 Å². The van der Waals surface area contributed by atoms with E-state index in [4.69, 9.17) is 0 Å². The third-order valence-corrected chi connectivity index (χ3v) is 2.93. The zero-order valence-corrected chi connectivity index (χ0v) is 10.4. The summed E-state index contributed by atoms with van der Waals surface area (Å²) in [6, 6.07) is 5.80. The second-order valence-electron chi connectivity index (χ2n) is 4.28. The van der Waals surface area contributed by atoms with Crippen LogP contribution in [0, 0.1) is 10.1 Å². The molecule has 0 aliphatic rings. The van der Waals surface area contributed by atoms with E-state index in [1.807, 2.05) is 0 Å². The van der Waals surface area contributed by atoms with Crippen molar-refractivity contribution in [1.82, 2.24) is 25.2 Å². The molecule has 0 atom stereocenters. The quantitative estimate of drug-likeness (QED) is 0.503. The molecule has 3 rings (SSSR count). The van der Waals surface area contributed by atoms with Crippen molar-refractivity contribution in [2.75, 3.05) is 0 Å². The lowest BCUT2D eigenvalue weighted by Gasteiger charge is -2.01. The highest BCUT2D eigenvalue weighted by atomic mass is 16.6. The van der Waals surface area contributed by atoms with Gasteiger partial charge in [-0.3, -0.25) is 29.9 Å². The van der Waals surface area contributed by atoms with Crippen molar-refractivity contribution in [1.29, 1.82) is 0 Å². The van der Waals surface area contributed by atoms with Crippen molar-refractivity contribution in [3.8, 4) is 0 Å². The topological polar surface area (TPSA) is 140 Å². The lowest BCUT2D eigenvalue weighted by atomic mass is 10.2. The number of benzene rings is 1. The van der Waals surface area contributed by atoms with E-state index in [2.05, 4.69) is 20.5 Å². The van der Waals surface area contributed by atoms with Gasteiger partial charge in [0.1, 0.15) is 0 Å². The van der Waals surface area contributed by atoms with Gasteiger partial charge in [-0.05, 0) is 5.56 Å². The van der Waals surface area contributed by atoms with E-state index in [0.29, 0.717) is 5.56 Å². The Bertz CT molecular complexity index is 936. The van der Waals surface area contributed by atoms with Gasteiger partial charge in [0, 0.05) is 12.1 Å². The molecule has 1 aromatic carbocycles. The number of fused-ring (bicyclic) bond motifs is 1. The van der Waals surface area contributed by atoms with Crippen LogP contribution >= 0.6 is 0 Å². The summed E-state index contributed by atoms with van der Waals surface area (Å²) in [7, 11) is 0. The highest BCUT2D eigenvalue weighted by Gasteiger charge is 2.12. The molecule has 0 saturated carbocycles. The van der Waals surface area contributed by atoms with Gasteiger partial charge in [0.2, 0.25) is 0 Å². The van der Waals surface area contributed by atoms with Gasteiger partial charge in [0.25, 0.3) is 16.8 Å². The third kappa shape index (κ3) is 2.18. The molecule has 0 amide bonds. The molecule has 0 unspecified atom stereocenters. The maximum Gasteiger partial charge on any atom is 0.292 e. The molecule has 10 nitrogen and oxygen atoms in total. The first-order chi connectivity index (χ1) is 10.1. The van der Waals surface area contributed by atoms with Crippen LogP contribution in [0.3, 0.4) is 0 Å².